The summed E-state index contributed by atoms with van der Waals surface area (Å²) in [6.45, 7) is 3.55. The lowest BCUT2D eigenvalue weighted by molar-refractivity contribution is -0.136. The molecule has 1 aromatic carbocycles. The lowest BCUT2D eigenvalue weighted by Gasteiger charge is -2.59. The molecule has 1 saturated heterocycles. The molecule has 2 atom stereocenters. The molecule has 7 heteroatoms. The lowest BCUT2D eigenvalue weighted by atomic mass is 9.48. The molecule has 4 bridgehead atoms. The maximum Gasteiger partial charge on any atom is 0.325 e. The van der Waals surface area contributed by atoms with Gasteiger partial charge in [-0.1, -0.05) is 34.1 Å². The first-order valence-corrected chi connectivity index (χ1v) is 12.2. The van der Waals surface area contributed by atoms with Crippen LogP contribution in [-0.2, 0) is 15.1 Å². The van der Waals surface area contributed by atoms with Gasteiger partial charge in [-0.25, -0.2) is 4.79 Å². The normalized spacial score (nSPS) is 37.1. The Morgan fingerprint density at radius 3 is 2.32 bits per heavy atom. The summed E-state index contributed by atoms with van der Waals surface area (Å²) in [4.78, 5) is 39.8. The lowest BCUT2D eigenvalue weighted by Crippen LogP contribution is -2.57. The Balaban J connectivity index is 1.27. The van der Waals surface area contributed by atoms with E-state index in [9.17, 15) is 14.4 Å². The molecular weight excluding hydrogens is 458 g/mol. The van der Waals surface area contributed by atoms with Gasteiger partial charge in [0.05, 0.1) is 0 Å². The maximum atomic E-state index is 13.2. The zero-order valence-electron chi connectivity index (χ0n) is 18.1. The first kappa shape index (κ1) is 21.0. The van der Waals surface area contributed by atoms with Crippen LogP contribution in [0.15, 0.2) is 28.7 Å². The first-order chi connectivity index (χ1) is 14.7. The summed E-state index contributed by atoms with van der Waals surface area (Å²) >= 11 is 3.47. The smallest absolute Gasteiger partial charge is 0.325 e. The van der Waals surface area contributed by atoms with E-state index in [4.69, 9.17) is 0 Å². The van der Waals surface area contributed by atoms with Crippen molar-refractivity contribution in [1.82, 2.24) is 15.5 Å². The third kappa shape index (κ3) is 3.40. The van der Waals surface area contributed by atoms with Crippen LogP contribution >= 0.6 is 15.9 Å². The molecule has 1 heterocycles. The van der Waals surface area contributed by atoms with Crippen LogP contribution in [0.5, 0.6) is 0 Å². The van der Waals surface area contributed by atoms with E-state index < -0.39 is 17.5 Å². The van der Waals surface area contributed by atoms with Gasteiger partial charge >= 0.3 is 6.03 Å². The summed E-state index contributed by atoms with van der Waals surface area (Å²) in [5.74, 6) is 1.76. The predicted octanol–water partition coefficient (Wildman–Crippen LogP) is 3.94. The summed E-state index contributed by atoms with van der Waals surface area (Å²) < 4.78 is 0.743. The molecule has 0 unspecified atom stereocenters. The highest BCUT2D eigenvalue weighted by molar-refractivity contribution is 9.10. The average molecular weight is 488 g/mol. The monoisotopic (exact) mass is 487 g/mol. The zero-order chi connectivity index (χ0) is 22.0. The molecule has 0 aromatic heterocycles. The van der Waals surface area contributed by atoms with Crippen molar-refractivity contribution in [2.75, 3.05) is 6.54 Å². The highest BCUT2D eigenvalue weighted by atomic mass is 79.9. The van der Waals surface area contributed by atoms with Crippen molar-refractivity contribution >= 4 is 33.8 Å². The van der Waals surface area contributed by atoms with Crippen molar-refractivity contribution < 1.29 is 14.4 Å². The molecule has 0 radical (unpaired) electrons. The fourth-order valence-corrected chi connectivity index (χ4v) is 7.86. The SMILES string of the molecule is C[C@H](NC(=O)CN1C(=O)N[C@](C)(c2ccccc2Br)C1=O)C12CC3CC(CC(C3)C1)C2. The van der Waals surface area contributed by atoms with Gasteiger partial charge in [0, 0.05) is 16.1 Å². The summed E-state index contributed by atoms with van der Waals surface area (Å²) in [6.07, 6.45) is 7.67. The van der Waals surface area contributed by atoms with Gasteiger partial charge in [-0.15, -0.1) is 0 Å². The van der Waals surface area contributed by atoms with Crippen LogP contribution in [0.25, 0.3) is 0 Å². The van der Waals surface area contributed by atoms with Gasteiger partial charge < -0.3 is 10.6 Å². The molecule has 31 heavy (non-hydrogen) atoms. The van der Waals surface area contributed by atoms with Crippen LogP contribution in [0.4, 0.5) is 4.79 Å². The van der Waals surface area contributed by atoms with Gasteiger partial charge in [0.15, 0.2) is 0 Å². The van der Waals surface area contributed by atoms with Crippen LogP contribution in [-0.4, -0.2) is 35.3 Å². The molecule has 2 N–H and O–H groups in total. The Morgan fingerprint density at radius 1 is 1.16 bits per heavy atom. The molecule has 166 valence electrons. The van der Waals surface area contributed by atoms with Crippen molar-refractivity contribution in [3.05, 3.63) is 34.3 Å². The molecule has 5 fully saturated rings. The van der Waals surface area contributed by atoms with Crippen molar-refractivity contribution in [3.8, 4) is 0 Å². The number of carbonyl (C=O) groups is 3. The third-order valence-electron chi connectivity index (χ3n) is 8.37. The molecule has 6 rings (SSSR count). The largest absolute Gasteiger partial charge is 0.352 e. The number of rotatable bonds is 5. The van der Waals surface area contributed by atoms with Gasteiger partial charge in [-0.3, -0.25) is 14.5 Å². The van der Waals surface area contributed by atoms with E-state index in [0.29, 0.717) is 5.56 Å². The minimum Gasteiger partial charge on any atom is -0.352 e. The van der Waals surface area contributed by atoms with Crippen molar-refractivity contribution in [1.29, 1.82) is 0 Å². The van der Waals surface area contributed by atoms with Crippen LogP contribution in [0, 0.1) is 23.2 Å². The quantitative estimate of drug-likeness (QED) is 0.617. The fourth-order valence-electron chi connectivity index (χ4n) is 7.18. The first-order valence-electron chi connectivity index (χ1n) is 11.4. The average Bonchev–Trinajstić information content (AvgIpc) is 2.91. The molecule has 1 aliphatic heterocycles. The molecule has 5 aliphatic rings. The van der Waals surface area contributed by atoms with E-state index in [1.165, 1.54) is 38.5 Å². The second-order valence-electron chi connectivity index (χ2n) is 10.5. The van der Waals surface area contributed by atoms with Crippen molar-refractivity contribution in [2.24, 2.45) is 23.2 Å². The number of nitrogens with zero attached hydrogens (tertiary/aromatic N) is 1. The number of halogens is 1. The second-order valence-corrected chi connectivity index (χ2v) is 11.3. The van der Waals surface area contributed by atoms with Crippen LogP contribution < -0.4 is 10.6 Å². The van der Waals surface area contributed by atoms with E-state index in [-0.39, 0.29) is 23.9 Å². The second kappa shape index (κ2) is 7.32. The van der Waals surface area contributed by atoms with Gasteiger partial charge in [0.2, 0.25) is 5.91 Å². The van der Waals surface area contributed by atoms with E-state index in [1.807, 2.05) is 18.2 Å². The Morgan fingerprint density at radius 2 is 1.74 bits per heavy atom. The van der Waals surface area contributed by atoms with Crippen LogP contribution in [0.1, 0.15) is 57.9 Å². The third-order valence-corrected chi connectivity index (χ3v) is 9.06. The van der Waals surface area contributed by atoms with Gasteiger partial charge in [0.25, 0.3) is 5.91 Å². The van der Waals surface area contributed by atoms with E-state index >= 15 is 0 Å². The Bertz CT molecular complexity index is 912. The predicted molar refractivity (Wildman–Crippen MR) is 120 cm³/mol. The molecular formula is C24H30BrN3O3. The Kier molecular flexibility index (Phi) is 4.96. The summed E-state index contributed by atoms with van der Waals surface area (Å²) in [7, 11) is 0. The number of imide groups is 1. The summed E-state index contributed by atoms with van der Waals surface area (Å²) in [5, 5.41) is 5.94. The summed E-state index contributed by atoms with van der Waals surface area (Å²) in [5.41, 5.74) is -0.327. The molecule has 1 aromatic rings. The minimum absolute atomic E-state index is 0.0591. The van der Waals surface area contributed by atoms with Crippen molar-refractivity contribution in [3.63, 3.8) is 0 Å². The van der Waals surface area contributed by atoms with E-state index in [2.05, 4.69) is 33.5 Å². The fraction of sp³-hybridized carbons (Fsp3) is 0.625. The Hall–Kier alpha value is -1.89. The number of carbonyl (C=O) groups excluding carboxylic acids is 3. The highest BCUT2D eigenvalue weighted by Crippen LogP contribution is 2.61. The number of urea groups is 1. The number of benzene rings is 1. The zero-order valence-corrected chi connectivity index (χ0v) is 19.7. The minimum atomic E-state index is -1.19. The number of hydrogen-bond donors (Lipinski definition) is 2. The number of hydrogen-bond acceptors (Lipinski definition) is 3. The molecule has 6 nitrogen and oxygen atoms in total. The van der Waals surface area contributed by atoms with Gasteiger partial charge in [-0.2, -0.15) is 0 Å². The van der Waals surface area contributed by atoms with Crippen LogP contribution in [0.3, 0.4) is 0 Å². The molecule has 0 spiro atoms. The topological polar surface area (TPSA) is 78.5 Å². The standard InChI is InChI=1S/C24H30BrN3O3/c1-14(24-10-15-7-16(11-24)9-17(8-15)12-24)26-20(29)13-28-21(30)23(2,27-22(28)31)18-5-3-4-6-19(18)25/h3-6,14-17H,7-13H2,1-2H3,(H,26,29)(H,27,31)/t14-,15?,16?,17?,23+,24?/m0/s1. The summed E-state index contributed by atoms with van der Waals surface area (Å²) in [6, 6.07) is 6.86. The molecule has 4 aliphatic carbocycles. The van der Waals surface area contributed by atoms with Crippen molar-refractivity contribution in [2.45, 2.75) is 64.0 Å². The maximum absolute atomic E-state index is 13.2. The molecule has 4 saturated carbocycles. The number of amides is 4. The van der Waals surface area contributed by atoms with Crippen LogP contribution in [0.2, 0.25) is 0 Å². The highest BCUT2D eigenvalue weighted by Gasteiger charge is 2.54. The van der Waals surface area contributed by atoms with E-state index in [0.717, 1.165) is 27.1 Å². The Labute approximate surface area is 191 Å². The van der Waals surface area contributed by atoms with E-state index in [1.54, 1.807) is 13.0 Å². The van der Waals surface area contributed by atoms with Gasteiger partial charge in [-0.05, 0) is 81.6 Å². The number of nitrogens with one attached hydrogen (secondary N) is 2. The molecule has 4 amide bonds. The van der Waals surface area contributed by atoms with Gasteiger partial charge in [0.1, 0.15) is 12.1 Å².